The second-order valence-electron chi connectivity index (χ2n) is 14.6. The number of aliphatic carboxylic acids is 1. The van der Waals surface area contributed by atoms with E-state index in [2.05, 4.69) is 63.6 Å². The maximum atomic E-state index is 12.5. The molecule has 4 atom stereocenters. The minimum Gasteiger partial charge on any atom is -0.481 e. The van der Waals surface area contributed by atoms with Crippen LogP contribution in [0.25, 0.3) is 11.1 Å². The van der Waals surface area contributed by atoms with Crippen molar-refractivity contribution in [2.24, 2.45) is 0 Å². The van der Waals surface area contributed by atoms with E-state index >= 15 is 0 Å². The van der Waals surface area contributed by atoms with Gasteiger partial charge in [-0.3, -0.25) is 14.5 Å². The van der Waals surface area contributed by atoms with Crippen molar-refractivity contribution in [3.63, 3.8) is 0 Å². The average Bonchev–Trinajstić information content (AvgIpc) is 3.84. The Morgan fingerprint density at radius 1 is 0.765 bits per heavy atom. The van der Waals surface area contributed by atoms with Gasteiger partial charge in [0, 0.05) is 50.5 Å². The number of aliphatic hydroxyl groups is 1. The number of carbonyl (C=O) groups is 2. The first-order chi connectivity index (χ1) is 24.9. The lowest BCUT2D eigenvalue weighted by Gasteiger charge is -2.39. The van der Waals surface area contributed by atoms with E-state index in [0.717, 1.165) is 78.7 Å². The molecule has 0 radical (unpaired) electrons. The zero-order valence-electron chi connectivity index (χ0n) is 29.9. The molecule has 3 saturated heterocycles. The van der Waals surface area contributed by atoms with Crippen molar-refractivity contribution in [3.05, 3.63) is 95.1 Å². The molecule has 3 aliphatic heterocycles. The molecule has 0 aliphatic carbocycles. The highest BCUT2D eigenvalue weighted by molar-refractivity contribution is 5.76. The zero-order chi connectivity index (χ0) is 35.4. The van der Waals surface area contributed by atoms with Crippen molar-refractivity contribution in [3.8, 4) is 11.1 Å². The minimum absolute atomic E-state index is 0.0126. The molecule has 0 spiro atoms. The number of benzene rings is 3. The molecule has 9 heteroatoms. The van der Waals surface area contributed by atoms with Gasteiger partial charge in [0.2, 0.25) is 5.91 Å². The molecule has 9 nitrogen and oxygen atoms in total. The Hall–Kier alpha value is -3.60. The quantitative estimate of drug-likeness (QED) is 0.130. The number of ether oxygens (including phenoxy) is 2. The van der Waals surface area contributed by atoms with Crippen LogP contribution in [-0.2, 0) is 32.2 Å². The molecule has 3 aromatic rings. The van der Waals surface area contributed by atoms with Crippen molar-refractivity contribution >= 4 is 11.9 Å². The molecule has 0 saturated carbocycles. The smallest absolute Gasteiger partial charge is 0.303 e. The Morgan fingerprint density at radius 3 is 2.27 bits per heavy atom. The van der Waals surface area contributed by atoms with Gasteiger partial charge in [0.15, 0.2) is 6.29 Å². The van der Waals surface area contributed by atoms with Crippen molar-refractivity contribution in [1.29, 1.82) is 0 Å². The van der Waals surface area contributed by atoms with Gasteiger partial charge in [-0.05, 0) is 98.1 Å². The van der Waals surface area contributed by atoms with E-state index in [1.165, 1.54) is 38.8 Å². The first-order valence-corrected chi connectivity index (χ1v) is 19.1. The second kappa shape index (κ2) is 18.8. The average molecular weight is 698 g/mol. The lowest BCUT2D eigenvalue weighted by molar-refractivity contribution is -0.253. The van der Waals surface area contributed by atoms with E-state index in [4.69, 9.17) is 14.6 Å². The molecule has 3 aliphatic rings. The number of nitrogens with zero attached hydrogens (tertiary/aromatic N) is 2. The molecule has 274 valence electrons. The molecule has 1 amide bonds. The summed E-state index contributed by atoms with van der Waals surface area (Å²) in [5, 5.41) is 21.4. The van der Waals surface area contributed by atoms with Crippen LogP contribution in [0.15, 0.2) is 72.8 Å². The third-order valence-electron chi connectivity index (χ3n) is 10.7. The van der Waals surface area contributed by atoms with Gasteiger partial charge in [0.25, 0.3) is 0 Å². The zero-order valence-corrected chi connectivity index (χ0v) is 29.9. The Labute approximate surface area is 302 Å². The summed E-state index contributed by atoms with van der Waals surface area (Å²) in [5.74, 6) is -0.756. The third kappa shape index (κ3) is 10.9. The summed E-state index contributed by atoms with van der Waals surface area (Å²) in [5.41, 5.74) is 6.12. The molecule has 0 aromatic heterocycles. The van der Waals surface area contributed by atoms with E-state index in [1.807, 2.05) is 24.3 Å². The van der Waals surface area contributed by atoms with Gasteiger partial charge in [0.05, 0.1) is 18.8 Å². The summed E-state index contributed by atoms with van der Waals surface area (Å²) in [7, 11) is 0. The summed E-state index contributed by atoms with van der Waals surface area (Å²) >= 11 is 0. The van der Waals surface area contributed by atoms with Crippen LogP contribution in [-0.4, -0.2) is 76.8 Å². The van der Waals surface area contributed by atoms with E-state index in [1.54, 1.807) is 0 Å². The number of carbonyl (C=O) groups excluding carboxylic acids is 1. The number of amides is 1. The molecule has 0 unspecified atom stereocenters. The van der Waals surface area contributed by atoms with Gasteiger partial charge < -0.3 is 29.9 Å². The molecule has 3 fully saturated rings. The molecule has 51 heavy (non-hydrogen) atoms. The normalized spacial score (nSPS) is 22.7. The number of nitrogens with one attached hydrogen (secondary N) is 1. The fourth-order valence-electron chi connectivity index (χ4n) is 7.83. The Kier molecular flexibility index (Phi) is 13.7. The van der Waals surface area contributed by atoms with Crippen molar-refractivity contribution in [2.45, 2.75) is 108 Å². The fourth-order valence-corrected chi connectivity index (χ4v) is 7.83. The van der Waals surface area contributed by atoms with Gasteiger partial charge in [-0.2, -0.15) is 0 Å². The number of unbranched alkanes of at least 4 members (excludes halogenated alkanes) is 3. The van der Waals surface area contributed by atoms with Crippen LogP contribution in [0.5, 0.6) is 0 Å². The summed E-state index contributed by atoms with van der Waals surface area (Å²) in [6.45, 7) is 6.07. The molecule has 3 N–H and O–H groups in total. The van der Waals surface area contributed by atoms with Crippen LogP contribution in [0.3, 0.4) is 0 Å². The van der Waals surface area contributed by atoms with Crippen molar-refractivity contribution in [1.82, 2.24) is 15.1 Å². The largest absolute Gasteiger partial charge is 0.481 e. The Bertz CT molecular complexity index is 1560. The van der Waals surface area contributed by atoms with Gasteiger partial charge >= 0.3 is 5.97 Å². The predicted octanol–water partition coefficient (Wildman–Crippen LogP) is 6.99. The predicted molar refractivity (Wildman–Crippen MR) is 198 cm³/mol. The highest BCUT2D eigenvalue weighted by atomic mass is 16.7. The standard InChI is InChI=1S/C42H55N3O6/c46-30-31-17-19-33(20-18-31)39-26-38(29-45-23-9-14-37(45)28-44-21-5-6-22-44)50-42(51-39)36-13-8-12-35(25-36)34-11-7-10-32(24-34)27-43-40(47)15-3-1-2-4-16-41(48)49/h7-8,10-13,17-20,24-25,37-39,42,46H,1-6,9,14-16,21-23,26-30H2,(H,43,47)(H,48,49)/t37-,38+,39-,42-/m0/s1. The number of carboxylic acids is 1. The second-order valence-corrected chi connectivity index (χ2v) is 14.6. The van der Waals surface area contributed by atoms with Crippen LogP contribution in [0, 0.1) is 0 Å². The van der Waals surface area contributed by atoms with Gasteiger partial charge in [0.1, 0.15) is 0 Å². The third-order valence-corrected chi connectivity index (χ3v) is 10.7. The van der Waals surface area contributed by atoms with Crippen LogP contribution >= 0.6 is 0 Å². The van der Waals surface area contributed by atoms with Crippen LogP contribution in [0.1, 0.15) is 105 Å². The lowest BCUT2D eigenvalue weighted by Crippen LogP contribution is -2.45. The van der Waals surface area contributed by atoms with Gasteiger partial charge in [-0.1, -0.05) is 73.5 Å². The van der Waals surface area contributed by atoms with Crippen LogP contribution < -0.4 is 5.32 Å². The molecular weight excluding hydrogens is 642 g/mol. The first-order valence-electron chi connectivity index (χ1n) is 19.1. The summed E-state index contributed by atoms with van der Waals surface area (Å²) in [4.78, 5) is 28.4. The van der Waals surface area contributed by atoms with E-state index in [-0.39, 0.29) is 31.1 Å². The molecule has 3 heterocycles. The summed E-state index contributed by atoms with van der Waals surface area (Å²) in [6, 6.07) is 25.3. The van der Waals surface area contributed by atoms with Crippen LogP contribution in [0.2, 0.25) is 0 Å². The number of likely N-dealkylation sites (tertiary alicyclic amines) is 2. The van der Waals surface area contributed by atoms with E-state index in [0.29, 0.717) is 25.4 Å². The Morgan fingerprint density at radius 2 is 1.51 bits per heavy atom. The lowest BCUT2D eigenvalue weighted by atomic mass is 9.98. The summed E-state index contributed by atoms with van der Waals surface area (Å²) < 4.78 is 13.5. The monoisotopic (exact) mass is 697 g/mol. The fraction of sp³-hybridized carbons (Fsp3) is 0.524. The Balaban J connectivity index is 1.11. The highest BCUT2D eigenvalue weighted by Gasteiger charge is 2.36. The van der Waals surface area contributed by atoms with Gasteiger partial charge in [-0.25, -0.2) is 0 Å². The maximum absolute atomic E-state index is 12.5. The topological polar surface area (TPSA) is 112 Å². The minimum atomic E-state index is -0.768. The number of carboxylic acid groups (broad SMARTS) is 1. The summed E-state index contributed by atoms with van der Waals surface area (Å²) in [6.07, 6.45) is 9.00. The van der Waals surface area contributed by atoms with Crippen molar-refractivity contribution < 1.29 is 29.3 Å². The number of hydrogen-bond acceptors (Lipinski definition) is 7. The SMILES string of the molecule is O=C(O)CCCCCCC(=O)NCc1cccc(-c2cccc([C@H]3O[C@@H](CN4CCC[C@H]4CN4CCCC4)C[C@@H](c4ccc(CO)cc4)O3)c2)c1. The molecule has 3 aromatic carbocycles. The first kappa shape index (κ1) is 37.2. The number of rotatable bonds is 17. The van der Waals surface area contributed by atoms with Crippen LogP contribution in [0.4, 0.5) is 0 Å². The molecular formula is C42H55N3O6. The number of hydrogen-bond donors (Lipinski definition) is 3. The van der Waals surface area contributed by atoms with Gasteiger partial charge in [-0.15, -0.1) is 0 Å². The molecule has 6 rings (SSSR count). The number of aliphatic hydroxyl groups excluding tert-OH is 1. The molecule has 0 bridgehead atoms. The van der Waals surface area contributed by atoms with E-state index in [9.17, 15) is 14.7 Å². The highest BCUT2D eigenvalue weighted by Crippen LogP contribution is 2.39. The van der Waals surface area contributed by atoms with E-state index < -0.39 is 12.3 Å². The van der Waals surface area contributed by atoms with Crippen molar-refractivity contribution in [2.75, 3.05) is 32.7 Å². The maximum Gasteiger partial charge on any atom is 0.303 e.